The van der Waals surface area contributed by atoms with Crippen LogP contribution in [0.5, 0.6) is 0 Å². The predicted molar refractivity (Wildman–Crippen MR) is 117 cm³/mol. The smallest absolute Gasteiger partial charge is 0.349 e. The highest BCUT2D eigenvalue weighted by atomic mass is 16.5. The number of ether oxygens (including phenoxy) is 2. The molecule has 0 spiro atoms. The number of aryl methyl sites for hydroxylation is 1. The van der Waals surface area contributed by atoms with Crippen LogP contribution >= 0.6 is 0 Å². The van der Waals surface area contributed by atoms with Crippen molar-refractivity contribution in [2.75, 3.05) is 26.9 Å². The van der Waals surface area contributed by atoms with Gasteiger partial charge in [-0.25, -0.2) is 4.79 Å². The normalized spacial score (nSPS) is 23.0. The zero-order chi connectivity index (χ0) is 21.8. The van der Waals surface area contributed by atoms with Crippen LogP contribution in [0, 0.1) is 0 Å². The zero-order valence-corrected chi connectivity index (χ0v) is 18.0. The largest absolute Gasteiger partial charge is 0.496 e. The molecule has 2 atom stereocenters. The third kappa shape index (κ3) is 4.69. The summed E-state index contributed by atoms with van der Waals surface area (Å²) >= 11 is 0. The summed E-state index contributed by atoms with van der Waals surface area (Å²) in [5.41, 5.74) is 2.66. The molecule has 0 saturated heterocycles. The van der Waals surface area contributed by atoms with E-state index in [1.807, 2.05) is 25.1 Å². The molecule has 1 aromatic carbocycles. The zero-order valence-electron chi connectivity index (χ0n) is 18.0. The number of fused-ring (bicyclic) bond motifs is 2. The molecule has 0 bridgehead atoms. The van der Waals surface area contributed by atoms with E-state index in [-0.39, 0.29) is 17.8 Å². The minimum absolute atomic E-state index is 0.00165. The Kier molecular flexibility index (Phi) is 6.46. The number of methoxy groups -OCH3 is 1. The topological polar surface area (TPSA) is 92.6 Å². The molecule has 8 nitrogen and oxygen atoms in total. The Bertz CT molecular complexity index is 938. The van der Waals surface area contributed by atoms with Gasteiger partial charge in [0.1, 0.15) is 6.61 Å². The number of carbonyl (C=O) groups is 2. The molecule has 164 valence electrons. The lowest BCUT2D eigenvalue weighted by atomic mass is 9.86. The second kappa shape index (κ2) is 9.43. The van der Waals surface area contributed by atoms with Crippen molar-refractivity contribution in [2.24, 2.45) is 9.98 Å². The second-order valence-corrected chi connectivity index (χ2v) is 8.04. The van der Waals surface area contributed by atoms with E-state index in [0.717, 1.165) is 24.2 Å². The molecule has 31 heavy (non-hydrogen) atoms. The highest BCUT2D eigenvalue weighted by Gasteiger charge is 2.43. The Morgan fingerprint density at radius 2 is 1.97 bits per heavy atom. The lowest BCUT2D eigenvalue weighted by Crippen LogP contribution is -2.60. The summed E-state index contributed by atoms with van der Waals surface area (Å²) in [5, 5.41) is 2.26. The number of aliphatic imine (C=N–C) groups is 2. The van der Waals surface area contributed by atoms with Crippen molar-refractivity contribution in [1.29, 1.82) is 0 Å². The monoisotopic (exact) mass is 424 g/mol. The Morgan fingerprint density at radius 3 is 2.74 bits per heavy atom. The van der Waals surface area contributed by atoms with E-state index < -0.39 is 11.9 Å². The predicted octanol–water partition coefficient (Wildman–Crippen LogP) is 2.49. The molecular weight excluding hydrogens is 396 g/mol. The number of hydrogen-bond donors (Lipinski definition) is 1. The first kappa shape index (κ1) is 21.2. The molecule has 3 aliphatic rings. The van der Waals surface area contributed by atoms with Crippen LogP contribution in [0.2, 0.25) is 0 Å². The summed E-state index contributed by atoms with van der Waals surface area (Å²) in [5.74, 6) is 0.862. The van der Waals surface area contributed by atoms with Gasteiger partial charge >= 0.3 is 6.03 Å². The molecule has 2 heterocycles. The van der Waals surface area contributed by atoms with E-state index in [9.17, 15) is 9.59 Å². The lowest BCUT2D eigenvalue weighted by molar-refractivity contribution is -0.113. The van der Waals surface area contributed by atoms with Gasteiger partial charge in [0.25, 0.3) is 5.91 Å². The van der Waals surface area contributed by atoms with Crippen molar-refractivity contribution in [3.63, 3.8) is 0 Å². The Balaban J connectivity index is 1.57. The number of urea groups is 1. The van der Waals surface area contributed by atoms with Gasteiger partial charge in [0.2, 0.25) is 0 Å². The fraction of sp³-hybridized carbons (Fsp3) is 0.478. The molecule has 3 amide bonds. The first-order valence-electron chi connectivity index (χ1n) is 10.7. The van der Waals surface area contributed by atoms with Gasteiger partial charge in [-0.05, 0) is 37.3 Å². The van der Waals surface area contributed by atoms with Crippen LogP contribution in [0.1, 0.15) is 31.7 Å². The fourth-order valence-electron chi connectivity index (χ4n) is 4.39. The van der Waals surface area contributed by atoms with Crippen molar-refractivity contribution < 1.29 is 19.1 Å². The molecule has 2 unspecified atom stereocenters. The average molecular weight is 425 g/mol. The minimum Gasteiger partial charge on any atom is -0.496 e. The van der Waals surface area contributed by atoms with Crippen LogP contribution in [-0.4, -0.2) is 67.3 Å². The van der Waals surface area contributed by atoms with Gasteiger partial charge < -0.3 is 14.4 Å². The summed E-state index contributed by atoms with van der Waals surface area (Å²) < 4.78 is 11.1. The highest BCUT2D eigenvalue weighted by molar-refractivity contribution is 6.69. The SMILES string of the molecule is COCCOC1=C(C)CC2N=C3C(=O)NC(=O)N=C3N(CCCc3ccccc3)C2C1. The van der Waals surface area contributed by atoms with E-state index in [4.69, 9.17) is 14.5 Å². The van der Waals surface area contributed by atoms with Gasteiger partial charge in [-0.1, -0.05) is 30.3 Å². The maximum atomic E-state index is 12.5. The molecule has 1 aliphatic carbocycles. The van der Waals surface area contributed by atoms with Gasteiger partial charge in [0.15, 0.2) is 11.5 Å². The third-order valence-corrected chi connectivity index (χ3v) is 5.92. The quantitative estimate of drug-likeness (QED) is 0.648. The van der Waals surface area contributed by atoms with Crippen LogP contribution in [0.4, 0.5) is 4.79 Å². The van der Waals surface area contributed by atoms with Gasteiger partial charge in [0.05, 0.1) is 24.4 Å². The Labute approximate surface area is 182 Å². The first-order valence-corrected chi connectivity index (χ1v) is 10.7. The summed E-state index contributed by atoms with van der Waals surface area (Å²) in [6.45, 7) is 3.74. The maximum Gasteiger partial charge on any atom is 0.349 e. The van der Waals surface area contributed by atoms with Crippen LogP contribution in [0.3, 0.4) is 0 Å². The van der Waals surface area contributed by atoms with Crippen molar-refractivity contribution in [2.45, 2.75) is 44.7 Å². The van der Waals surface area contributed by atoms with Crippen LogP contribution < -0.4 is 5.32 Å². The Hall–Kier alpha value is -3.00. The summed E-state index contributed by atoms with van der Waals surface area (Å²) in [6, 6.07) is 9.57. The number of imide groups is 1. The molecule has 4 rings (SSSR count). The number of rotatable bonds is 8. The number of nitrogens with one attached hydrogen (secondary N) is 1. The van der Waals surface area contributed by atoms with Gasteiger partial charge in [-0.3, -0.25) is 15.1 Å². The highest BCUT2D eigenvalue weighted by Crippen LogP contribution is 2.34. The third-order valence-electron chi connectivity index (χ3n) is 5.92. The fourth-order valence-corrected chi connectivity index (χ4v) is 4.39. The molecule has 0 saturated carbocycles. The molecule has 0 fully saturated rings. The molecule has 0 radical (unpaired) electrons. The number of hydrogen-bond acceptors (Lipinski definition) is 6. The number of amidine groups is 1. The summed E-state index contributed by atoms with van der Waals surface area (Å²) in [4.78, 5) is 35.4. The molecular formula is C23H28N4O4. The minimum atomic E-state index is -0.635. The average Bonchev–Trinajstić information content (AvgIpc) is 2.75. The van der Waals surface area contributed by atoms with Gasteiger partial charge in [-0.2, -0.15) is 4.99 Å². The summed E-state index contributed by atoms with van der Waals surface area (Å²) in [6.07, 6.45) is 3.15. The van der Waals surface area contributed by atoms with Crippen LogP contribution in [-0.2, 0) is 20.7 Å². The molecule has 0 aromatic heterocycles. The molecule has 1 aromatic rings. The van der Waals surface area contributed by atoms with Crippen molar-refractivity contribution >= 4 is 23.5 Å². The Morgan fingerprint density at radius 1 is 1.16 bits per heavy atom. The van der Waals surface area contributed by atoms with E-state index in [2.05, 4.69) is 27.3 Å². The first-order chi connectivity index (χ1) is 15.1. The van der Waals surface area contributed by atoms with Gasteiger partial charge in [0, 0.05) is 20.1 Å². The van der Waals surface area contributed by atoms with E-state index in [1.165, 1.54) is 5.56 Å². The van der Waals surface area contributed by atoms with Gasteiger partial charge in [-0.15, -0.1) is 0 Å². The maximum absolute atomic E-state index is 12.5. The number of amides is 3. The number of nitrogens with zero attached hydrogens (tertiary/aromatic N) is 3. The summed E-state index contributed by atoms with van der Waals surface area (Å²) in [7, 11) is 1.65. The van der Waals surface area contributed by atoms with Crippen molar-refractivity contribution in [1.82, 2.24) is 10.2 Å². The molecule has 8 heteroatoms. The van der Waals surface area contributed by atoms with Crippen LogP contribution in [0.25, 0.3) is 0 Å². The van der Waals surface area contributed by atoms with Crippen molar-refractivity contribution in [3.05, 3.63) is 47.2 Å². The van der Waals surface area contributed by atoms with Crippen LogP contribution in [0.15, 0.2) is 51.6 Å². The number of carbonyl (C=O) groups excluding carboxylic acids is 2. The number of benzene rings is 1. The van der Waals surface area contributed by atoms with E-state index >= 15 is 0 Å². The van der Waals surface area contributed by atoms with E-state index in [0.29, 0.717) is 38.4 Å². The lowest BCUT2D eigenvalue weighted by Gasteiger charge is -2.44. The van der Waals surface area contributed by atoms with Crippen molar-refractivity contribution in [3.8, 4) is 0 Å². The standard InChI is InChI=1S/C23H28N4O4/c1-15-13-17-18(14-19(15)31-12-11-30-2)27(10-6-9-16-7-4-3-5-8-16)21-20(24-17)22(28)26-23(29)25-21/h3-5,7-8,17-18H,6,9-14H2,1-2H3,(H,26,28,29). The molecule has 2 aliphatic heterocycles. The molecule has 1 N–H and O–H groups in total. The van der Waals surface area contributed by atoms with E-state index in [1.54, 1.807) is 7.11 Å². The second-order valence-electron chi connectivity index (χ2n) is 8.04.